The molecule has 1 fully saturated rings. The maximum Gasteiger partial charge on any atom is 0.240 e. The van der Waals surface area contributed by atoms with Crippen molar-refractivity contribution in [1.29, 1.82) is 0 Å². The standard InChI is InChI=1S/C19H32N4O3S/c1-3-20-18(22-16-19(10-7-11-19)12-15-26-2)21-13-14-23-27(24,25)17-8-5-4-6-9-17/h4-6,8-9,23H,3,7,10-16H2,1-2H3,(H2,20,21,22). The van der Waals surface area contributed by atoms with Gasteiger partial charge in [-0.3, -0.25) is 4.99 Å². The van der Waals surface area contributed by atoms with Crippen LogP contribution in [-0.4, -0.2) is 54.3 Å². The van der Waals surface area contributed by atoms with Crippen LogP contribution in [-0.2, 0) is 14.8 Å². The summed E-state index contributed by atoms with van der Waals surface area (Å²) >= 11 is 0. The van der Waals surface area contributed by atoms with Gasteiger partial charge in [0, 0.05) is 39.9 Å². The number of sulfonamides is 1. The van der Waals surface area contributed by atoms with Gasteiger partial charge in [0.05, 0.1) is 4.90 Å². The van der Waals surface area contributed by atoms with Gasteiger partial charge in [-0.15, -0.1) is 0 Å². The zero-order chi connectivity index (χ0) is 19.6. The molecule has 0 unspecified atom stereocenters. The van der Waals surface area contributed by atoms with Crippen LogP contribution in [0.5, 0.6) is 0 Å². The lowest BCUT2D eigenvalue weighted by Gasteiger charge is -2.40. The first-order valence-corrected chi connectivity index (χ1v) is 11.1. The Hall–Kier alpha value is -1.64. The predicted molar refractivity (Wildman–Crippen MR) is 108 cm³/mol. The normalized spacial score (nSPS) is 16.6. The highest BCUT2D eigenvalue weighted by molar-refractivity contribution is 7.89. The molecule has 0 spiro atoms. The molecule has 8 heteroatoms. The fourth-order valence-corrected chi connectivity index (χ4v) is 4.17. The maximum atomic E-state index is 12.2. The average molecular weight is 397 g/mol. The zero-order valence-corrected chi connectivity index (χ0v) is 17.1. The topological polar surface area (TPSA) is 91.8 Å². The zero-order valence-electron chi connectivity index (χ0n) is 16.3. The summed E-state index contributed by atoms with van der Waals surface area (Å²) in [5.74, 6) is 0.722. The van der Waals surface area contributed by atoms with Crippen LogP contribution >= 0.6 is 0 Å². The summed E-state index contributed by atoms with van der Waals surface area (Å²) in [4.78, 5) is 4.99. The van der Waals surface area contributed by atoms with E-state index in [9.17, 15) is 8.42 Å². The minimum atomic E-state index is -3.48. The average Bonchev–Trinajstić information content (AvgIpc) is 2.64. The summed E-state index contributed by atoms with van der Waals surface area (Å²) in [7, 11) is -1.74. The largest absolute Gasteiger partial charge is 0.385 e. The number of rotatable bonds is 11. The predicted octanol–water partition coefficient (Wildman–Crippen LogP) is 1.73. The van der Waals surface area contributed by atoms with Crippen LogP contribution < -0.4 is 15.4 Å². The van der Waals surface area contributed by atoms with Crippen molar-refractivity contribution in [2.24, 2.45) is 10.4 Å². The summed E-state index contributed by atoms with van der Waals surface area (Å²) in [5.41, 5.74) is 0.257. The Morgan fingerprint density at radius 3 is 2.52 bits per heavy atom. The van der Waals surface area contributed by atoms with Crippen LogP contribution in [0.4, 0.5) is 0 Å². The van der Waals surface area contributed by atoms with E-state index in [1.807, 2.05) is 6.92 Å². The molecular formula is C19H32N4O3S. The van der Waals surface area contributed by atoms with Gasteiger partial charge in [-0.25, -0.2) is 13.1 Å². The van der Waals surface area contributed by atoms with Crippen LogP contribution in [0, 0.1) is 5.41 Å². The summed E-state index contributed by atoms with van der Waals surface area (Å²) in [5, 5.41) is 6.42. The molecule has 3 N–H and O–H groups in total. The molecule has 0 aromatic heterocycles. The van der Waals surface area contributed by atoms with E-state index in [0.717, 1.165) is 32.1 Å². The number of hydrogen-bond donors (Lipinski definition) is 3. The summed E-state index contributed by atoms with van der Waals surface area (Å²) in [6.07, 6.45) is 4.67. The number of guanidine groups is 1. The van der Waals surface area contributed by atoms with E-state index >= 15 is 0 Å². The second-order valence-electron chi connectivity index (χ2n) is 6.93. The van der Waals surface area contributed by atoms with E-state index < -0.39 is 10.0 Å². The Balaban J connectivity index is 1.82. The van der Waals surface area contributed by atoms with Crippen molar-refractivity contribution < 1.29 is 13.2 Å². The second kappa shape index (κ2) is 10.6. The Bertz CT molecular complexity index is 688. The Morgan fingerprint density at radius 2 is 1.93 bits per heavy atom. The molecule has 0 amide bonds. The summed E-state index contributed by atoms with van der Waals surface area (Å²) in [6.45, 7) is 5.05. The molecular weight excluding hydrogens is 364 g/mol. The third kappa shape index (κ3) is 6.79. The molecule has 1 aliphatic carbocycles. The molecule has 27 heavy (non-hydrogen) atoms. The molecule has 1 aliphatic rings. The lowest BCUT2D eigenvalue weighted by Crippen LogP contribution is -2.43. The van der Waals surface area contributed by atoms with E-state index in [1.54, 1.807) is 37.4 Å². The molecule has 0 heterocycles. The number of hydrogen-bond acceptors (Lipinski definition) is 4. The van der Waals surface area contributed by atoms with Gasteiger partial charge in [0.1, 0.15) is 0 Å². The first-order valence-electron chi connectivity index (χ1n) is 9.57. The smallest absolute Gasteiger partial charge is 0.240 e. The first kappa shape index (κ1) is 21.7. The van der Waals surface area contributed by atoms with Crippen molar-refractivity contribution in [3.05, 3.63) is 30.3 Å². The van der Waals surface area contributed by atoms with Gasteiger partial charge >= 0.3 is 0 Å². The van der Waals surface area contributed by atoms with Crippen LogP contribution in [0.25, 0.3) is 0 Å². The van der Waals surface area contributed by atoms with Crippen molar-refractivity contribution in [1.82, 2.24) is 15.4 Å². The Labute approximate surface area is 163 Å². The fourth-order valence-electron chi connectivity index (χ4n) is 3.12. The molecule has 152 valence electrons. The van der Waals surface area contributed by atoms with Crippen molar-refractivity contribution in [3.63, 3.8) is 0 Å². The monoisotopic (exact) mass is 396 g/mol. The minimum Gasteiger partial charge on any atom is -0.385 e. The maximum absolute atomic E-state index is 12.2. The van der Waals surface area contributed by atoms with E-state index in [2.05, 4.69) is 15.4 Å². The first-order chi connectivity index (χ1) is 13.0. The summed E-state index contributed by atoms with van der Waals surface area (Å²) in [6, 6.07) is 8.38. The van der Waals surface area contributed by atoms with E-state index in [4.69, 9.17) is 9.73 Å². The van der Waals surface area contributed by atoms with E-state index in [-0.39, 0.29) is 16.9 Å². The molecule has 1 aromatic rings. The van der Waals surface area contributed by atoms with Gasteiger partial charge in [-0.1, -0.05) is 24.6 Å². The quantitative estimate of drug-likeness (QED) is 0.301. The van der Waals surface area contributed by atoms with Crippen LogP contribution in [0.1, 0.15) is 32.6 Å². The van der Waals surface area contributed by atoms with Crippen molar-refractivity contribution in [2.45, 2.75) is 37.5 Å². The number of ether oxygens (including phenoxy) is 1. The highest BCUT2D eigenvalue weighted by Crippen LogP contribution is 2.44. The number of methoxy groups -OCH3 is 1. The lowest BCUT2D eigenvalue weighted by molar-refractivity contribution is 0.0778. The molecule has 0 bridgehead atoms. The Morgan fingerprint density at radius 1 is 1.19 bits per heavy atom. The van der Waals surface area contributed by atoms with Gasteiger partial charge in [-0.2, -0.15) is 0 Å². The Kier molecular flexibility index (Phi) is 8.53. The molecule has 1 aromatic carbocycles. The van der Waals surface area contributed by atoms with E-state index in [0.29, 0.717) is 6.54 Å². The van der Waals surface area contributed by atoms with Gasteiger partial charge in [0.15, 0.2) is 5.96 Å². The fraction of sp³-hybridized carbons (Fsp3) is 0.632. The molecule has 0 saturated heterocycles. The molecule has 0 radical (unpaired) electrons. The number of nitrogens with one attached hydrogen (secondary N) is 3. The second-order valence-corrected chi connectivity index (χ2v) is 8.70. The third-order valence-electron chi connectivity index (χ3n) is 4.93. The molecule has 0 aliphatic heterocycles. The molecule has 1 saturated carbocycles. The van der Waals surface area contributed by atoms with Gasteiger partial charge in [0.25, 0.3) is 0 Å². The SMILES string of the molecule is CCNC(=NCC1(CCOC)CCC1)NCCNS(=O)(=O)c1ccccc1. The minimum absolute atomic E-state index is 0.257. The highest BCUT2D eigenvalue weighted by atomic mass is 32.2. The van der Waals surface area contributed by atoms with Gasteiger partial charge in [0.2, 0.25) is 10.0 Å². The van der Waals surface area contributed by atoms with E-state index in [1.165, 1.54) is 19.3 Å². The summed E-state index contributed by atoms with van der Waals surface area (Å²) < 4.78 is 32.3. The van der Waals surface area contributed by atoms with Crippen molar-refractivity contribution in [2.75, 3.05) is 39.9 Å². The molecule has 7 nitrogen and oxygen atoms in total. The molecule has 0 atom stereocenters. The van der Waals surface area contributed by atoms with Crippen molar-refractivity contribution in [3.8, 4) is 0 Å². The van der Waals surface area contributed by atoms with Gasteiger partial charge < -0.3 is 15.4 Å². The van der Waals surface area contributed by atoms with Crippen LogP contribution in [0.2, 0.25) is 0 Å². The third-order valence-corrected chi connectivity index (χ3v) is 6.41. The number of nitrogens with zero attached hydrogens (tertiary/aromatic N) is 1. The van der Waals surface area contributed by atoms with Crippen LogP contribution in [0.3, 0.4) is 0 Å². The van der Waals surface area contributed by atoms with Crippen LogP contribution in [0.15, 0.2) is 40.2 Å². The number of aliphatic imine (C=N–C) groups is 1. The molecule has 2 rings (SSSR count). The van der Waals surface area contributed by atoms with Crippen molar-refractivity contribution >= 4 is 16.0 Å². The number of benzene rings is 1. The highest BCUT2D eigenvalue weighted by Gasteiger charge is 2.36. The lowest BCUT2D eigenvalue weighted by atomic mass is 9.67. The van der Waals surface area contributed by atoms with Gasteiger partial charge in [-0.05, 0) is 43.7 Å².